The van der Waals surface area contributed by atoms with Gasteiger partial charge in [0.05, 0.1) is 10.2 Å². The number of nitrogens with zero attached hydrogens (tertiary/aromatic N) is 2. The lowest BCUT2D eigenvalue weighted by atomic mass is 9.86. The van der Waals surface area contributed by atoms with Gasteiger partial charge in [0.2, 0.25) is 0 Å². The van der Waals surface area contributed by atoms with Gasteiger partial charge in [-0.2, -0.15) is 0 Å². The molecule has 1 heterocycles. The molecule has 3 N–H and O–H groups in total. The summed E-state index contributed by atoms with van der Waals surface area (Å²) in [5, 5.41) is 20.0. The maximum absolute atomic E-state index is 11.5. The van der Waals surface area contributed by atoms with Crippen molar-refractivity contribution < 1.29 is 10.2 Å². The third-order valence-corrected chi connectivity index (χ3v) is 8.42. The molecular formula is C29H43Br2N3O3S. The fourth-order valence-electron chi connectivity index (χ4n) is 5.51. The third-order valence-electron chi connectivity index (χ3n) is 7.57. The van der Waals surface area contributed by atoms with Crippen LogP contribution in [0.5, 0.6) is 11.5 Å². The van der Waals surface area contributed by atoms with Crippen molar-refractivity contribution in [3.05, 3.63) is 56.7 Å². The van der Waals surface area contributed by atoms with Crippen LogP contribution in [-0.2, 0) is 19.3 Å². The number of phenols is 2. The molecule has 0 spiro atoms. The van der Waals surface area contributed by atoms with Gasteiger partial charge in [0.25, 0.3) is 0 Å². The zero-order chi connectivity index (χ0) is 25.5. The van der Waals surface area contributed by atoms with E-state index >= 15 is 0 Å². The lowest BCUT2D eigenvalue weighted by molar-refractivity contribution is 0.175. The molecule has 0 fully saturated rings. The predicted molar refractivity (Wildman–Crippen MR) is 170 cm³/mol. The summed E-state index contributed by atoms with van der Waals surface area (Å²) in [4.78, 5) is 19.5. The van der Waals surface area contributed by atoms with Crippen molar-refractivity contribution in [1.82, 2.24) is 14.8 Å². The molecule has 0 aliphatic heterocycles. The second-order valence-corrected chi connectivity index (χ2v) is 11.3. The fraction of sp³-hybridized carbons (Fsp3) is 0.552. The van der Waals surface area contributed by atoms with Crippen molar-refractivity contribution >= 4 is 55.5 Å². The minimum atomic E-state index is 0. The highest BCUT2D eigenvalue weighted by Crippen LogP contribution is 2.36. The summed E-state index contributed by atoms with van der Waals surface area (Å²) in [7, 11) is 2.20. The number of hydrogen-bond acceptors (Lipinski definition) is 6. The largest absolute Gasteiger partial charge is 0.504 e. The normalized spacial score (nSPS) is 14.9. The second-order valence-electron chi connectivity index (χ2n) is 10.3. The standard InChI is InChI=1S/C29H41N3O3S.2BrH/c1-3-15-32(23-10-11-24-22(20-23)9-13-26(33)28(24)34)17-7-5-4-6-16-31(2)18-14-21-8-12-25-27(19-21)36-29(35)30-25;;/h8-9,12-13,19,23,33-34H,3-7,10-11,14-18,20H2,1-2H3,(H,30,35);2*1H/t23-;;/m0../s1. The number of aromatic nitrogens is 1. The number of halogens is 2. The molecular weight excluding hydrogens is 630 g/mol. The number of unbranched alkanes of at least 4 members (excludes halogenated alkanes) is 3. The molecule has 0 saturated heterocycles. The predicted octanol–water partition coefficient (Wildman–Crippen LogP) is 6.46. The maximum atomic E-state index is 11.5. The first-order chi connectivity index (χ1) is 17.4. The van der Waals surface area contributed by atoms with Crippen LogP contribution in [-0.4, -0.2) is 64.3 Å². The zero-order valence-electron chi connectivity index (χ0n) is 22.6. The van der Waals surface area contributed by atoms with Crippen molar-refractivity contribution in [1.29, 1.82) is 0 Å². The van der Waals surface area contributed by atoms with Crippen LogP contribution in [0.3, 0.4) is 0 Å². The van der Waals surface area contributed by atoms with E-state index in [1.165, 1.54) is 48.1 Å². The Kier molecular flexibility index (Phi) is 13.8. The van der Waals surface area contributed by atoms with E-state index in [2.05, 4.69) is 40.9 Å². The van der Waals surface area contributed by atoms with Gasteiger partial charge in [-0.25, -0.2) is 0 Å². The molecule has 1 aliphatic carbocycles. The lowest BCUT2D eigenvalue weighted by Crippen LogP contribution is -2.40. The third kappa shape index (κ3) is 8.81. The van der Waals surface area contributed by atoms with E-state index in [1.807, 2.05) is 12.1 Å². The molecule has 0 amide bonds. The Bertz CT molecular complexity index is 1200. The number of H-pyrrole nitrogens is 1. The summed E-state index contributed by atoms with van der Waals surface area (Å²) in [5.74, 6) is 0.0823. The van der Waals surface area contributed by atoms with Crippen LogP contribution in [0.2, 0.25) is 0 Å². The summed E-state index contributed by atoms with van der Waals surface area (Å²) in [5.41, 5.74) is 4.36. The highest BCUT2D eigenvalue weighted by atomic mass is 79.9. The van der Waals surface area contributed by atoms with E-state index in [-0.39, 0.29) is 50.3 Å². The summed E-state index contributed by atoms with van der Waals surface area (Å²) in [6, 6.07) is 10.4. The van der Waals surface area contributed by atoms with Gasteiger partial charge < -0.3 is 25.0 Å². The Hall–Kier alpha value is -1.39. The summed E-state index contributed by atoms with van der Waals surface area (Å²) >= 11 is 1.29. The molecule has 0 radical (unpaired) electrons. The first kappa shape index (κ1) is 32.8. The number of benzene rings is 2. The number of rotatable bonds is 13. The van der Waals surface area contributed by atoms with Crippen LogP contribution in [0.4, 0.5) is 0 Å². The number of likely N-dealkylation sites (N-methyl/N-ethyl adjacent to an activating group) is 1. The minimum absolute atomic E-state index is 0. The molecule has 1 aliphatic rings. The van der Waals surface area contributed by atoms with Crippen LogP contribution in [0, 0.1) is 0 Å². The Morgan fingerprint density at radius 3 is 2.53 bits per heavy atom. The van der Waals surface area contributed by atoms with Crippen LogP contribution >= 0.6 is 45.3 Å². The average Bonchev–Trinajstić information content (AvgIpc) is 3.25. The number of nitrogens with one attached hydrogen (secondary N) is 1. The van der Waals surface area contributed by atoms with E-state index in [0.717, 1.165) is 74.1 Å². The van der Waals surface area contributed by atoms with Gasteiger partial charge in [0.1, 0.15) is 0 Å². The monoisotopic (exact) mass is 671 g/mol. The average molecular weight is 674 g/mol. The Balaban J connectivity index is 0.00000253. The Morgan fingerprint density at radius 1 is 1.00 bits per heavy atom. The van der Waals surface area contributed by atoms with E-state index in [0.29, 0.717) is 6.04 Å². The molecule has 3 aromatic rings. The van der Waals surface area contributed by atoms with E-state index < -0.39 is 0 Å². The SMILES string of the molecule is Br.Br.CCCN(CCCCCCN(C)CCc1ccc2[nH]c(=O)sc2c1)[C@H]1CCc2c(ccc(O)c2O)C1. The Labute approximate surface area is 251 Å². The second kappa shape index (κ2) is 16.0. The number of phenolic OH excluding ortho intramolecular Hbond substituents is 2. The van der Waals surface area contributed by atoms with Crippen LogP contribution in [0.1, 0.15) is 62.1 Å². The Morgan fingerprint density at radius 2 is 1.76 bits per heavy atom. The quantitative estimate of drug-likeness (QED) is 0.144. The first-order valence-corrected chi connectivity index (χ1v) is 14.3. The number of thiazole rings is 1. The molecule has 0 saturated carbocycles. The number of aromatic amines is 1. The highest BCUT2D eigenvalue weighted by molar-refractivity contribution is 8.93. The van der Waals surface area contributed by atoms with Crippen molar-refractivity contribution in [3.63, 3.8) is 0 Å². The number of fused-ring (bicyclic) bond motifs is 2. The fourth-order valence-corrected chi connectivity index (χ4v) is 6.31. The molecule has 4 rings (SSSR count). The molecule has 9 heteroatoms. The first-order valence-electron chi connectivity index (χ1n) is 13.5. The van der Waals surface area contributed by atoms with Gasteiger partial charge in [-0.3, -0.25) is 4.79 Å². The van der Waals surface area contributed by atoms with E-state index in [1.54, 1.807) is 6.07 Å². The van der Waals surface area contributed by atoms with Crippen molar-refractivity contribution in [2.24, 2.45) is 0 Å². The zero-order valence-corrected chi connectivity index (χ0v) is 26.8. The number of hydrogen-bond donors (Lipinski definition) is 3. The molecule has 212 valence electrons. The lowest BCUT2D eigenvalue weighted by Gasteiger charge is -2.35. The highest BCUT2D eigenvalue weighted by Gasteiger charge is 2.26. The number of aromatic hydroxyl groups is 2. The van der Waals surface area contributed by atoms with Crippen LogP contribution < -0.4 is 4.87 Å². The van der Waals surface area contributed by atoms with Crippen molar-refractivity contribution in [2.45, 2.75) is 70.8 Å². The molecule has 38 heavy (non-hydrogen) atoms. The van der Waals surface area contributed by atoms with E-state index in [4.69, 9.17) is 0 Å². The van der Waals surface area contributed by atoms with Gasteiger partial charge >= 0.3 is 4.87 Å². The van der Waals surface area contributed by atoms with Gasteiger partial charge in [0.15, 0.2) is 11.5 Å². The molecule has 0 unspecified atom stereocenters. The summed E-state index contributed by atoms with van der Waals surface area (Å²) in [6.07, 6.45) is 9.98. The topological polar surface area (TPSA) is 79.8 Å². The molecule has 0 bridgehead atoms. The van der Waals surface area contributed by atoms with Gasteiger partial charge in [-0.1, -0.05) is 43.2 Å². The van der Waals surface area contributed by atoms with Crippen LogP contribution in [0.25, 0.3) is 10.2 Å². The van der Waals surface area contributed by atoms with Gasteiger partial charge in [-0.15, -0.1) is 34.0 Å². The molecule has 6 nitrogen and oxygen atoms in total. The van der Waals surface area contributed by atoms with Gasteiger partial charge in [0, 0.05) is 18.2 Å². The van der Waals surface area contributed by atoms with Crippen molar-refractivity contribution in [3.8, 4) is 11.5 Å². The summed E-state index contributed by atoms with van der Waals surface area (Å²) in [6.45, 7) is 6.67. The molecule has 2 aromatic carbocycles. The molecule has 1 atom stereocenters. The smallest absolute Gasteiger partial charge is 0.305 e. The minimum Gasteiger partial charge on any atom is -0.504 e. The maximum Gasteiger partial charge on any atom is 0.305 e. The van der Waals surface area contributed by atoms with Crippen molar-refractivity contribution in [2.75, 3.05) is 33.2 Å². The molecule has 1 aromatic heterocycles. The van der Waals surface area contributed by atoms with Gasteiger partial charge in [-0.05, 0) is 101 Å². The summed E-state index contributed by atoms with van der Waals surface area (Å²) < 4.78 is 1.05. The van der Waals surface area contributed by atoms with E-state index in [9.17, 15) is 15.0 Å². The van der Waals surface area contributed by atoms with Crippen LogP contribution in [0.15, 0.2) is 35.1 Å².